The molecule has 2 aliphatic rings. The van der Waals surface area contributed by atoms with Crippen molar-refractivity contribution in [1.82, 2.24) is 19.8 Å². The van der Waals surface area contributed by atoms with Crippen LogP contribution in [0.2, 0.25) is 0 Å². The highest BCUT2D eigenvalue weighted by Crippen LogP contribution is 2.28. The van der Waals surface area contributed by atoms with Gasteiger partial charge >= 0.3 is 0 Å². The molecule has 0 aliphatic carbocycles. The van der Waals surface area contributed by atoms with Crippen molar-refractivity contribution >= 4 is 17.6 Å². The van der Waals surface area contributed by atoms with E-state index < -0.39 is 0 Å². The van der Waals surface area contributed by atoms with Crippen molar-refractivity contribution in [2.75, 3.05) is 50.4 Å². The van der Waals surface area contributed by atoms with Gasteiger partial charge in [-0.3, -0.25) is 4.99 Å². The van der Waals surface area contributed by atoms with Crippen LogP contribution in [0.5, 0.6) is 0 Å². The summed E-state index contributed by atoms with van der Waals surface area (Å²) in [5.41, 5.74) is 10.9. The quantitative estimate of drug-likeness (QED) is 0.587. The van der Waals surface area contributed by atoms with Gasteiger partial charge in [-0.1, -0.05) is 26.0 Å². The molecule has 4 rings (SSSR count). The van der Waals surface area contributed by atoms with Crippen molar-refractivity contribution < 1.29 is 0 Å². The predicted octanol–water partition coefficient (Wildman–Crippen LogP) is 3.30. The Bertz CT molecular complexity index is 976. The summed E-state index contributed by atoms with van der Waals surface area (Å²) in [5.74, 6) is 2.93. The van der Waals surface area contributed by atoms with Crippen LogP contribution < -0.4 is 10.6 Å². The van der Waals surface area contributed by atoms with Crippen molar-refractivity contribution in [3.63, 3.8) is 0 Å². The van der Waals surface area contributed by atoms with E-state index in [1.807, 2.05) is 0 Å². The molecule has 7 heteroatoms. The number of rotatable bonds is 4. The molecule has 1 saturated heterocycles. The molecule has 2 aliphatic heterocycles. The van der Waals surface area contributed by atoms with E-state index in [4.69, 9.17) is 10.7 Å². The summed E-state index contributed by atoms with van der Waals surface area (Å²) in [6.07, 6.45) is 1.04. The molecule has 32 heavy (non-hydrogen) atoms. The number of nitrogens with zero attached hydrogens (tertiary/aromatic N) is 6. The van der Waals surface area contributed by atoms with Crippen LogP contribution in [0, 0.1) is 5.92 Å². The molecule has 1 aromatic carbocycles. The van der Waals surface area contributed by atoms with Gasteiger partial charge in [-0.2, -0.15) is 4.98 Å². The highest BCUT2D eigenvalue weighted by molar-refractivity contribution is 5.80. The van der Waals surface area contributed by atoms with E-state index >= 15 is 0 Å². The number of aliphatic imine (C=N–C) groups is 1. The first-order valence-corrected chi connectivity index (χ1v) is 11.8. The molecule has 172 valence electrons. The Morgan fingerprint density at radius 3 is 2.47 bits per heavy atom. The van der Waals surface area contributed by atoms with Gasteiger partial charge in [0.15, 0.2) is 0 Å². The second kappa shape index (κ2) is 9.45. The Morgan fingerprint density at radius 1 is 1.00 bits per heavy atom. The van der Waals surface area contributed by atoms with Crippen LogP contribution in [-0.2, 0) is 13.0 Å². The number of benzene rings is 1. The first-order chi connectivity index (χ1) is 15.3. The van der Waals surface area contributed by atoms with Crippen LogP contribution in [0.25, 0.3) is 11.3 Å². The third-order valence-electron chi connectivity index (χ3n) is 6.88. The Labute approximate surface area is 192 Å². The normalized spacial score (nSPS) is 18.8. The number of hydrogen-bond donors (Lipinski definition) is 1. The maximum absolute atomic E-state index is 6.12. The van der Waals surface area contributed by atoms with E-state index in [-0.39, 0.29) is 0 Å². The molecular formula is C25H37N7. The first-order valence-electron chi connectivity index (χ1n) is 11.8. The Hall–Kier alpha value is -2.67. The standard InChI is InChI=1S/C25H37N7/c1-17(2)18(3)27-19(4)32-9-8-20-6-7-21(14-22(20)16-32)23-15-24(29-25(26)28-23)31-12-10-30(5)11-13-31/h6-7,14-15,17-18H,8-13,16H2,1-5H3,(H2,26,28,29). The lowest BCUT2D eigenvalue weighted by Crippen LogP contribution is -2.44. The molecular weight excluding hydrogens is 398 g/mol. The molecule has 7 nitrogen and oxygen atoms in total. The van der Waals surface area contributed by atoms with Crippen LogP contribution in [0.1, 0.15) is 38.8 Å². The van der Waals surface area contributed by atoms with E-state index in [2.05, 4.69) is 83.7 Å². The second-order valence-electron chi connectivity index (χ2n) is 9.58. The lowest BCUT2D eigenvalue weighted by atomic mass is 9.96. The molecule has 1 atom stereocenters. The molecule has 1 unspecified atom stereocenters. The van der Waals surface area contributed by atoms with Gasteiger partial charge in [-0.25, -0.2) is 4.98 Å². The monoisotopic (exact) mass is 435 g/mol. The molecule has 0 bridgehead atoms. The summed E-state index contributed by atoms with van der Waals surface area (Å²) in [4.78, 5) is 21.1. The Kier molecular flexibility index (Phi) is 6.65. The van der Waals surface area contributed by atoms with E-state index in [0.717, 1.165) is 68.6 Å². The number of hydrogen-bond acceptors (Lipinski definition) is 6. The van der Waals surface area contributed by atoms with Crippen molar-refractivity contribution in [2.45, 2.75) is 46.7 Å². The third kappa shape index (κ3) is 5.04. The minimum absolute atomic E-state index is 0.333. The topological polar surface area (TPSA) is 73.9 Å². The van der Waals surface area contributed by atoms with Crippen molar-refractivity contribution in [3.05, 3.63) is 35.4 Å². The minimum atomic E-state index is 0.333. The summed E-state index contributed by atoms with van der Waals surface area (Å²) in [5, 5.41) is 0. The van der Waals surface area contributed by atoms with Crippen LogP contribution in [0.15, 0.2) is 29.3 Å². The number of anilines is 2. The molecule has 2 N–H and O–H groups in total. The summed E-state index contributed by atoms with van der Waals surface area (Å²) < 4.78 is 0. The number of likely N-dealkylation sites (N-methyl/N-ethyl adjacent to an activating group) is 1. The average molecular weight is 436 g/mol. The van der Waals surface area contributed by atoms with Crippen LogP contribution in [-0.4, -0.2) is 71.4 Å². The van der Waals surface area contributed by atoms with Gasteiger partial charge in [0.1, 0.15) is 5.82 Å². The number of amidine groups is 1. The Balaban J connectivity index is 1.57. The highest BCUT2D eigenvalue weighted by Gasteiger charge is 2.20. The van der Waals surface area contributed by atoms with Crippen molar-refractivity contribution in [1.29, 1.82) is 0 Å². The lowest BCUT2D eigenvalue weighted by Gasteiger charge is -2.33. The van der Waals surface area contributed by atoms with Crippen molar-refractivity contribution in [3.8, 4) is 11.3 Å². The minimum Gasteiger partial charge on any atom is -0.368 e. The lowest BCUT2D eigenvalue weighted by molar-refractivity contribution is 0.312. The SMILES string of the molecule is CC(=NC(C)C(C)C)N1CCc2ccc(-c3cc(N4CCN(C)CC4)nc(N)n3)cc2C1. The molecule has 0 saturated carbocycles. The summed E-state index contributed by atoms with van der Waals surface area (Å²) in [6.45, 7) is 14.7. The zero-order chi connectivity index (χ0) is 22.8. The molecule has 0 amide bonds. The third-order valence-corrected chi connectivity index (χ3v) is 6.88. The van der Waals surface area contributed by atoms with Gasteiger partial charge in [0.25, 0.3) is 0 Å². The number of fused-ring (bicyclic) bond motifs is 1. The first kappa shape index (κ1) is 22.5. The van der Waals surface area contributed by atoms with Gasteiger partial charge < -0.3 is 20.4 Å². The van der Waals surface area contributed by atoms with Gasteiger partial charge in [0, 0.05) is 50.9 Å². The molecule has 0 spiro atoms. The smallest absolute Gasteiger partial charge is 0.222 e. The molecule has 2 aromatic rings. The van der Waals surface area contributed by atoms with Gasteiger partial charge in [0.05, 0.1) is 17.6 Å². The molecule has 0 radical (unpaired) electrons. The zero-order valence-electron chi connectivity index (χ0n) is 20.2. The average Bonchev–Trinajstić information content (AvgIpc) is 2.78. The summed E-state index contributed by atoms with van der Waals surface area (Å²) in [7, 11) is 2.16. The number of nitrogen functional groups attached to an aromatic ring is 1. The fraction of sp³-hybridized carbons (Fsp3) is 0.560. The fourth-order valence-corrected chi connectivity index (χ4v) is 4.32. The van der Waals surface area contributed by atoms with Crippen molar-refractivity contribution in [2.24, 2.45) is 10.9 Å². The van der Waals surface area contributed by atoms with E-state index in [1.54, 1.807) is 0 Å². The van der Waals surface area contributed by atoms with E-state index in [1.165, 1.54) is 11.1 Å². The van der Waals surface area contributed by atoms with Gasteiger partial charge in [0.2, 0.25) is 5.95 Å². The zero-order valence-corrected chi connectivity index (χ0v) is 20.2. The Morgan fingerprint density at radius 2 is 1.75 bits per heavy atom. The highest BCUT2D eigenvalue weighted by atomic mass is 15.3. The van der Waals surface area contributed by atoms with E-state index in [9.17, 15) is 0 Å². The number of piperazine rings is 1. The molecule has 1 aromatic heterocycles. The molecule has 1 fully saturated rings. The largest absolute Gasteiger partial charge is 0.368 e. The second-order valence-corrected chi connectivity index (χ2v) is 9.58. The maximum atomic E-state index is 6.12. The maximum Gasteiger partial charge on any atom is 0.222 e. The van der Waals surface area contributed by atoms with Gasteiger partial charge in [-0.05, 0) is 50.4 Å². The fourth-order valence-electron chi connectivity index (χ4n) is 4.32. The summed E-state index contributed by atoms with van der Waals surface area (Å²) in [6, 6.07) is 9.11. The number of nitrogens with two attached hydrogens (primary N) is 1. The summed E-state index contributed by atoms with van der Waals surface area (Å²) >= 11 is 0. The van der Waals surface area contributed by atoms with Crippen LogP contribution >= 0.6 is 0 Å². The van der Waals surface area contributed by atoms with E-state index in [0.29, 0.717) is 17.9 Å². The molecule has 3 heterocycles. The number of aromatic nitrogens is 2. The van der Waals surface area contributed by atoms with Crippen LogP contribution in [0.4, 0.5) is 11.8 Å². The van der Waals surface area contributed by atoms with Gasteiger partial charge in [-0.15, -0.1) is 0 Å². The van der Waals surface area contributed by atoms with Crippen LogP contribution in [0.3, 0.4) is 0 Å². The predicted molar refractivity (Wildman–Crippen MR) is 133 cm³/mol.